The molecule has 11 heteroatoms. The predicted molar refractivity (Wildman–Crippen MR) is 201 cm³/mol. The number of rotatable bonds is 13. The highest BCUT2D eigenvalue weighted by Gasteiger charge is 2.19. The molecule has 0 saturated carbocycles. The van der Waals surface area contributed by atoms with Crippen LogP contribution in [0.15, 0.2) is 131 Å². The molecule has 1 amide bonds. The fourth-order valence-corrected chi connectivity index (χ4v) is 7.15. The molecular formula is C38H38N5O4S2-. The van der Waals surface area contributed by atoms with E-state index >= 15 is 0 Å². The van der Waals surface area contributed by atoms with Crippen molar-refractivity contribution in [3.8, 4) is 16.9 Å². The average molecular weight is 693 g/mol. The van der Waals surface area contributed by atoms with Crippen molar-refractivity contribution in [1.82, 2.24) is 9.62 Å². The summed E-state index contributed by atoms with van der Waals surface area (Å²) in [5, 5.41) is 34.3. The Bertz CT molecular complexity index is 1820. The van der Waals surface area contributed by atoms with Crippen LogP contribution in [0.1, 0.15) is 15.9 Å². The van der Waals surface area contributed by atoms with E-state index in [1.807, 2.05) is 72.8 Å². The summed E-state index contributed by atoms with van der Waals surface area (Å²) in [6.07, 6.45) is 0. The first-order valence-electron chi connectivity index (χ1n) is 16.1. The summed E-state index contributed by atoms with van der Waals surface area (Å²) in [6.45, 7) is 5.04. The molecule has 5 aromatic carbocycles. The highest BCUT2D eigenvalue weighted by Crippen LogP contribution is 2.31. The molecule has 9 nitrogen and oxygen atoms in total. The molecule has 0 unspecified atom stereocenters. The third-order valence-electron chi connectivity index (χ3n) is 8.32. The zero-order valence-corrected chi connectivity index (χ0v) is 28.5. The van der Waals surface area contributed by atoms with Crippen molar-refractivity contribution in [2.24, 2.45) is 0 Å². The van der Waals surface area contributed by atoms with Crippen molar-refractivity contribution in [2.45, 2.75) is 16.3 Å². The molecule has 1 saturated heterocycles. The van der Waals surface area contributed by atoms with Crippen molar-refractivity contribution >= 4 is 46.7 Å². The molecule has 1 aliphatic rings. The summed E-state index contributed by atoms with van der Waals surface area (Å²) in [4.78, 5) is 19.5. The predicted octanol–water partition coefficient (Wildman–Crippen LogP) is 7.72. The monoisotopic (exact) mass is 692 g/mol. The van der Waals surface area contributed by atoms with Gasteiger partial charge in [0, 0.05) is 66.1 Å². The second kappa shape index (κ2) is 16.6. The van der Waals surface area contributed by atoms with Crippen molar-refractivity contribution in [2.75, 3.05) is 53.9 Å². The van der Waals surface area contributed by atoms with E-state index in [-0.39, 0.29) is 22.6 Å². The zero-order valence-electron chi connectivity index (χ0n) is 26.9. The summed E-state index contributed by atoms with van der Waals surface area (Å²) in [7, 11) is 0. The maximum atomic E-state index is 12.9. The topological polar surface area (TPSA) is 114 Å². The van der Waals surface area contributed by atoms with Gasteiger partial charge in [-0.15, -0.1) is 11.8 Å². The molecule has 0 spiro atoms. The maximum Gasteiger partial charge on any atom is 0.261 e. The van der Waals surface area contributed by atoms with Crippen LogP contribution in [0.4, 0.5) is 17.1 Å². The number of nitrogens with one attached hydrogen (secondary N) is 2. The largest absolute Gasteiger partial charge is 0.733 e. The van der Waals surface area contributed by atoms with Gasteiger partial charge in [0.15, 0.2) is 0 Å². The van der Waals surface area contributed by atoms with Gasteiger partial charge in [-0.25, -0.2) is 0 Å². The first-order chi connectivity index (χ1) is 23.9. The van der Waals surface area contributed by atoms with Crippen LogP contribution in [0.5, 0.6) is 5.75 Å². The van der Waals surface area contributed by atoms with E-state index in [0.717, 1.165) is 66.6 Å². The van der Waals surface area contributed by atoms with Gasteiger partial charge < -0.3 is 25.8 Å². The normalized spacial score (nSPS) is 13.2. The molecule has 1 heterocycles. The Balaban J connectivity index is 0.975. The van der Waals surface area contributed by atoms with E-state index in [1.54, 1.807) is 42.1 Å². The number of hydrogen-bond donors (Lipinski definition) is 4. The molecule has 252 valence electrons. The molecule has 0 radical (unpaired) electrons. The number of benzene rings is 5. The molecule has 5 aromatic rings. The summed E-state index contributed by atoms with van der Waals surface area (Å²) in [5.41, 5.74) is 5.72. The minimum atomic E-state index is -0.252. The Kier molecular flexibility index (Phi) is 11.6. The lowest BCUT2D eigenvalue weighted by atomic mass is 9.99. The van der Waals surface area contributed by atoms with Crippen LogP contribution in [0.2, 0.25) is 0 Å². The van der Waals surface area contributed by atoms with E-state index in [0.29, 0.717) is 22.7 Å². The fourth-order valence-electron chi connectivity index (χ4n) is 5.73. The van der Waals surface area contributed by atoms with Crippen molar-refractivity contribution in [3.63, 3.8) is 0 Å². The second-order valence-electron chi connectivity index (χ2n) is 11.6. The van der Waals surface area contributed by atoms with E-state index in [9.17, 15) is 20.3 Å². The van der Waals surface area contributed by atoms with Gasteiger partial charge in [-0.3, -0.25) is 19.6 Å². The zero-order chi connectivity index (χ0) is 34.0. The summed E-state index contributed by atoms with van der Waals surface area (Å²) >= 11 is 2.78. The molecule has 0 atom stereocenters. The van der Waals surface area contributed by atoms with Gasteiger partial charge in [-0.1, -0.05) is 54.6 Å². The van der Waals surface area contributed by atoms with Crippen molar-refractivity contribution in [3.05, 3.63) is 138 Å². The lowest BCUT2D eigenvalue weighted by Gasteiger charge is -2.36. The highest BCUT2D eigenvalue weighted by atomic mass is 32.2. The number of amides is 1. The lowest BCUT2D eigenvalue weighted by Crippen LogP contribution is -2.46. The number of piperazine rings is 1. The van der Waals surface area contributed by atoms with Crippen LogP contribution in [-0.2, 0) is 6.54 Å². The molecule has 0 aromatic heterocycles. The minimum absolute atomic E-state index is 0.0787. The number of anilines is 3. The second-order valence-corrected chi connectivity index (χ2v) is 13.6. The molecule has 0 aliphatic carbocycles. The number of carbonyl (C=O) groups is 1. The first kappa shape index (κ1) is 34.2. The molecule has 1 fully saturated rings. The number of carbonyl (C=O) groups excluding carboxylic acids is 1. The maximum absolute atomic E-state index is 12.9. The number of phenols is 1. The van der Waals surface area contributed by atoms with Crippen LogP contribution in [0.25, 0.3) is 11.1 Å². The summed E-state index contributed by atoms with van der Waals surface area (Å²) in [5.74, 6) is 0.797. The van der Waals surface area contributed by atoms with E-state index in [4.69, 9.17) is 0 Å². The van der Waals surface area contributed by atoms with Gasteiger partial charge in [0.05, 0.1) is 11.4 Å². The van der Waals surface area contributed by atoms with Gasteiger partial charge >= 0.3 is 0 Å². The lowest BCUT2D eigenvalue weighted by molar-refractivity contribution is 0.0984. The molecule has 4 N–H and O–H groups in total. The van der Waals surface area contributed by atoms with E-state index in [2.05, 4.69) is 38.0 Å². The number of phenolic OH excluding ortho intramolecular Hbond substituents is 1. The Labute approximate surface area is 295 Å². The number of hydrogen-bond acceptors (Lipinski definition) is 10. The standard InChI is InChI=1S/C38H38N5O4S2/c44-32-16-12-28(13-17-32)35-9-5-4-6-30(35)27-41-21-23-42(24-22-41)31-14-10-29(11-15-31)38(45)40-49-34-18-19-36(37(26-34)43(46)47)39-20-25-48-33-7-2-1-3-8-33/h1-19,26,39,44,46H,20-25,27H2,(H,40,45)/q-1. The van der Waals surface area contributed by atoms with Crippen molar-refractivity contribution < 1.29 is 15.1 Å². The van der Waals surface area contributed by atoms with Gasteiger partial charge in [-0.05, 0) is 95.4 Å². The SMILES string of the molecule is O=C(NSc1ccc(NCCSc2ccccc2)c(N([O-])O)c1)c1ccc(N2CCN(Cc3ccccc3-c3ccc(O)cc3)CC2)cc1. The Morgan fingerprint density at radius 3 is 2.27 bits per heavy atom. The Morgan fingerprint density at radius 1 is 0.816 bits per heavy atom. The number of aromatic hydroxyl groups is 1. The van der Waals surface area contributed by atoms with Gasteiger partial charge in [0.25, 0.3) is 5.91 Å². The van der Waals surface area contributed by atoms with E-state index < -0.39 is 0 Å². The third-order valence-corrected chi connectivity index (χ3v) is 10.1. The van der Waals surface area contributed by atoms with E-state index in [1.165, 1.54) is 11.1 Å². The molecule has 0 bridgehead atoms. The van der Waals surface area contributed by atoms with Crippen LogP contribution in [0, 0.1) is 5.21 Å². The fraction of sp³-hybridized carbons (Fsp3) is 0.184. The summed E-state index contributed by atoms with van der Waals surface area (Å²) < 4.78 is 2.84. The molecule has 6 rings (SSSR count). The van der Waals surface area contributed by atoms with Crippen LogP contribution >= 0.6 is 23.7 Å². The van der Waals surface area contributed by atoms with Gasteiger partial charge in [0.1, 0.15) is 5.75 Å². The minimum Gasteiger partial charge on any atom is -0.733 e. The summed E-state index contributed by atoms with van der Waals surface area (Å²) in [6, 6.07) is 38.5. The Morgan fingerprint density at radius 2 is 1.53 bits per heavy atom. The van der Waals surface area contributed by atoms with Crippen LogP contribution in [0.3, 0.4) is 0 Å². The van der Waals surface area contributed by atoms with Crippen LogP contribution in [-0.4, -0.2) is 59.6 Å². The number of thioether (sulfide) groups is 1. The molecule has 49 heavy (non-hydrogen) atoms. The van der Waals surface area contributed by atoms with Crippen LogP contribution < -0.4 is 20.2 Å². The molecular weight excluding hydrogens is 655 g/mol. The van der Waals surface area contributed by atoms with Gasteiger partial charge in [-0.2, -0.15) is 0 Å². The quantitative estimate of drug-likeness (QED) is 0.0423. The third kappa shape index (κ3) is 9.28. The van der Waals surface area contributed by atoms with Gasteiger partial charge in [0.2, 0.25) is 0 Å². The van der Waals surface area contributed by atoms with Crippen molar-refractivity contribution in [1.29, 1.82) is 0 Å². The highest BCUT2D eigenvalue weighted by molar-refractivity contribution is 7.99. The Hall–Kier alpha value is -4.65. The average Bonchev–Trinajstić information content (AvgIpc) is 3.14. The first-order valence-corrected chi connectivity index (χ1v) is 17.9. The molecule has 1 aliphatic heterocycles. The smallest absolute Gasteiger partial charge is 0.261 e. The number of nitrogens with zero attached hydrogens (tertiary/aromatic N) is 3.